The molecule has 0 aliphatic carbocycles. The topological polar surface area (TPSA) is 55.2 Å². The van der Waals surface area contributed by atoms with E-state index in [0.717, 1.165) is 22.0 Å². The molecule has 2 rings (SSSR count). The molecule has 0 aliphatic rings. The zero-order chi connectivity index (χ0) is 23.0. The Morgan fingerprint density at radius 1 is 0.875 bits per heavy atom. The summed E-state index contributed by atoms with van der Waals surface area (Å²) in [4.78, 5) is 8.97. The van der Waals surface area contributed by atoms with Crippen LogP contribution in [0.5, 0.6) is 5.75 Å². The Balaban J connectivity index is 1.69. The summed E-state index contributed by atoms with van der Waals surface area (Å²) in [5, 5.41) is 10.6. The number of aromatic nitrogens is 2. The van der Waals surface area contributed by atoms with Gasteiger partial charge in [0.1, 0.15) is 24.6 Å². The normalized spacial score (nSPS) is 13.1. The zero-order valence-corrected chi connectivity index (χ0v) is 20.5. The second kappa shape index (κ2) is 16.0. The van der Waals surface area contributed by atoms with Crippen LogP contribution in [0.15, 0.2) is 41.8 Å². The number of hydrogen-bond donors (Lipinski definition) is 1. The van der Waals surface area contributed by atoms with Gasteiger partial charge >= 0.3 is 0 Å². The van der Waals surface area contributed by atoms with Crippen molar-refractivity contribution in [2.75, 3.05) is 12.4 Å². The van der Waals surface area contributed by atoms with Crippen LogP contribution in [-0.2, 0) is 0 Å². The van der Waals surface area contributed by atoms with E-state index in [1.54, 1.807) is 11.8 Å². The summed E-state index contributed by atoms with van der Waals surface area (Å²) in [6.45, 7) is 4.10. The highest BCUT2D eigenvalue weighted by molar-refractivity contribution is 7.99. The number of nitrogens with zero attached hydrogens (tertiary/aromatic N) is 2. The summed E-state index contributed by atoms with van der Waals surface area (Å²) >= 11 is 1.72. The second-order valence-electron chi connectivity index (χ2n) is 8.29. The van der Waals surface area contributed by atoms with Crippen molar-refractivity contribution >= 4 is 11.8 Å². The largest absolute Gasteiger partial charge is 0.491 e. The number of unbranched alkanes of at least 4 members (excludes halogenated alkanes) is 7. The van der Waals surface area contributed by atoms with Gasteiger partial charge in [0.2, 0.25) is 0 Å². The summed E-state index contributed by atoms with van der Waals surface area (Å²) in [5.41, 5.74) is 1.94. The molecule has 6 heteroatoms. The minimum Gasteiger partial charge on any atom is -0.491 e. The van der Waals surface area contributed by atoms with Crippen molar-refractivity contribution in [3.8, 4) is 16.9 Å². The minimum absolute atomic E-state index is 0.0472. The molecule has 1 heterocycles. The van der Waals surface area contributed by atoms with E-state index in [-0.39, 0.29) is 6.61 Å². The van der Waals surface area contributed by atoms with Gasteiger partial charge in [0, 0.05) is 23.7 Å². The third-order valence-corrected chi connectivity index (χ3v) is 6.41. The van der Waals surface area contributed by atoms with Crippen LogP contribution in [0.25, 0.3) is 11.1 Å². The van der Waals surface area contributed by atoms with Crippen molar-refractivity contribution in [2.45, 2.75) is 95.5 Å². The molecular weight excluding hydrogens is 423 g/mol. The molecule has 0 fully saturated rings. The predicted molar refractivity (Wildman–Crippen MR) is 132 cm³/mol. The highest BCUT2D eigenvalue weighted by atomic mass is 32.2. The number of benzene rings is 1. The number of thioether (sulfide) groups is 1. The van der Waals surface area contributed by atoms with Gasteiger partial charge in [-0.3, -0.25) is 0 Å². The smallest absolute Gasteiger partial charge is 0.187 e. The van der Waals surface area contributed by atoms with Crippen LogP contribution in [0, 0.1) is 0 Å². The van der Waals surface area contributed by atoms with Gasteiger partial charge in [-0.1, -0.05) is 89.1 Å². The molecule has 0 aliphatic heterocycles. The highest BCUT2D eigenvalue weighted by Gasteiger charge is 2.17. The molecule has 2 atom stereocenters. The van der Waals surface area contributed by atoms with E-state index in [0.29, 0.717) is 18.6 Å². The van der Waals surface area contributed by atoms with E-state index in [1.807, 2.05) is 43.6 Å². The van der Waals surface area contributed by atoms with E-state index < -0.39 is 12.3 Å². The number of alkyl halides is 1. The van der Waals surface area contributed by atoms with Crippen molar-refractivity contribution < 1.29 is 14.2 Å². The Labute approximate surface area is 197 Å². The summed E-state index contributed by atoms with van der Waals surface area (Å²) in [6.07, 6.45) is 13.0. The van der Waals surface area contributed by atoms with Gasteiger partial charge < -0.3 is 9.84 Å². The number of aliphatic hydroxyl groups excluding tert-OH is 1. The van der Waals surface area contributed by atoms with Crippen molar-refractivity contribution in [3.63, 3.8) is 0 Å². The molecule has 0 radical (unpaired) electrons. The molecular formula is C26H39FN2O2S. The van der Waals surface area contributed by atoms with E-state index in [9.17, 15) is 9.50 Å². The van der Waals surface area contributed by atoms with Crippen molar-refractivity contribution in [1.82, 2.24) is 9.97 Å². The summed E-state index contributed by atoms with van der Waals surface area (Å²) in [6, 6.07) is 7.49. The molecule has 2 aromatic rings. The first kappa shape index (κ1) is 26.6. The Morgan fingerprint density at radius 3 is 2.12 bits per heavy atom. The maximum Gasteiger partial charge on any atom is 0.187 e. The first-order valence-corrected chi connectivity index (χ1v) is 13.1. The predicted octanol–water partition coefficient (Wildman–Crippen LogP) is 7.25. The lowest BCUT2D eigenvalue weighted by molar-refractivity contribution is 0.0331. The summed E-state index contributed by atoms with van der Waals surface area (Å²) in [7, 11) is 0. The lowest BCUT2D eigenvalue weighted by atomic mass is 10.1. The fourth-order valence-corrected chi connectivity index (χ4v) is 4.22. The molecule has 0 spiro atoms. The third-order valence-electron chi connectivity index (χ3n) is 5.45. The minimum atomic E-state index is -1.25. The fraction of sp³-hybridized carbons (Fsp3) is 0.615. The van der Waals surface area contributed by atoms with Crippen LogP contribution in [0.1, 0.15) is 78.1 Å². The Hall–Kier alpha value is -1.66. The SMILES string of the molecule is CCCCCCCCCCSc1ncc(-c2ccc(OC[C@H](O)[C@H](F)CCC)cc2)cn1. The lowest BCUT2D eigenvalue weighted by Crippen LogP contribution is -2.28. The van der Waals surface area contributed by atoms with Gasteiger partial charge in [-0.05, 0) is 30.5 Å². The lowest BCUT2D eigenvalue weighted by Gasteiger charge is -2.16. The fourth-order valence-electron chi connectivity index (χ4n) is 3.44. The number of ether oxygens (including phenoxy) is 1. The third kappa shape index (κ3) is 10.3. The van der Waals surface area contributed by atoms with Crippen LogP contribution in [0.4, 0.5) is 4.39 Å². The number of aliphatic hydroxyl groups is 1. The molecule has 1 aromatic carbocycles. The summed E-state index contributed by atoms with van der Waals surface area (Å²) < 4.78 is 19.2. The molecule has 0 bridgehead atoms. The van der Waals surface area contributed by atoms with Crippen molar-refractivity contribution in [3.05, 3.63) is 36.7 Å². The van der Waals surface area contributed by atoms with E-state index in [2.05, 4.69) is 16.9 Å². The number of halogens is 1. The van der Waals surface area contributed by atoms with Crippen molar-refractivity contribution in [2.24, 2.45) is 0 Å². The standard InChI is InChI=1S/C26H39FN2O2S/c1-3-5-6-7-8-9-10-11-17-32-26-28-18-22(19-29-26)21-13-15-23(16-14-21)31-20-25(30)24(27)12-4-2/h13-16,18-19,24-25,30H,3-12,17,20H2,1-2H3/t24-,25+/m1/s1. The molecule has 4 nitrogen and oxygen atoms in total. The second-order valence-corrected chi connectivity index (χ2v) is 9.35. The molecule has 0 saturated heterocycles. The van der Waals surface area contributed by atoms with Crippen LogP contribution in [-0.4, -0.2) is 39.7 Å². The molecule has 32 heavy (non-hydrogen) atoms. The highest BCUT2D eigenvalue weighted by Crippen LogP contribution is 2.23. The van der Waals surface area contributed by atoms with Gasteiger partial charge in [-0.15, -0.1) is 0 Å². The maximum atomic E-state index is 13.7. The molecule has 178 valence electrons. The molecule has 0 unspecified atom stereocenters. The Morgan fingerprint density at radius 2 is 1.50 bits per heavy atom. The molecule has 1 aromatic heterocycles. The van der Waals surface area contributed by atoms with Gasteiger partial charge in [0.15, 0.2) is 5.16 Å². The Bertz CT molecular complexity index is 728. The quantitative estimate of drug-likeness (QED) is 0.152. The van der Waals surface area contributed by atoms with Gasteiger partial charge in [0.25, 0.3) is 0 Å². The van der Waals surface area contributed by atoms with E-state index >= 15 is 0 Å². The number of hydrogen-bond acceptors (Lipinski definition) is 5. The number of rotatable bonds is 17. The first-order chi connectivity index (χ1) is 15.6. The molecule has 0 saturated carbocycles. The Kier molecular flexibility index (Phi) is 13.3. The summed E-state index contributed by atoms with van der Waals surface area (Å²) in [5.74, 6) is 1.67. The first-order valence-electron chi connectivity index (χ1n) is 12.1. The van der Waals surface area contributed by atoms with Crippen LogP contribution in [0.3, 0.4) is 0 Å². The monoisotopic (exact) mass is 462 g/mol. The van der Waals surface area contributed by atoms with E-state index in [4.69, 9.17) is 4.74 Å². The average Bonchev–Trinajstić information content (AvgIpc) is 2.82. The van der Waals surface area contributed by atoms with Crippen LogP contribution < -0.4 is 4.74 Å². The maximum absolute atomic E-state index is 13.7. The average molecular weight is 463 g/mol. The van der Waals surface area contributed by atoms with Gasteiger partial charge in [-0.25, -0.2) is 14.4 Å². The van der Waals surface area contributed by atoms with Crippen molar-refractivity contribution in [1.29, 1.82) is 0 Å². The van der Waals surface area contributed by atoms with Gasteiger partial charge in [-0.2, -0.15) is 0 Å². The molecule has 1 N–H and O–H groups in total. The molecule has 0 amide bonds. The van der Waals surface area contributed by atoms with Gasteiger partial charge in [0.05, 0.1) is 0 Å². The van der Waals surface area contributed by atoms with Crippen LogP contribution in [0.2, 0.25) is 0 Å². The van der Waals surface area contributed by atoms with E-state index in [1.165, 1.54) is 51.4 Å². The van der Waals surface area contributed by atoms with Crippen LogP contribution >= 0.6 is 11.8 Å². The zero-order valence-electron chi connectivity index (χ0n) is 19.6.